The van der Waals surface area contributed by atoms with Crippen molar-refractivity contribution in [3.8, 4) is 0 Å². The first-order chi connectivity index (χ1) is 12.9. The van der Waals surface area contributed by atoms with Gasteiger partial charge in [0, 0.05) is 30.5 Å². The van der Waals surface area contributed by atoms with Crippen LogP contribution in [0, 0.1) is 0 Å². The second-order valence-electron chi connectivity index (χ2n) is 8.60. The van der Waals surface area contributed by atoms with E-state index in [0.29, 0.717) is 0 Å². The molecule has 4 rings (SSSR count). The summed E-state index contributed by atoms with van der Waals surface area (Å²) < 4.78 is 6.01. The molecule has 0 amide bonds. The van der Waals surface area contributed by atoms with Gasteiger partial charge in [-0.3, -0.25) is 9.34 Å². The molecule has 0 N–H and O–H groups in total. The van der Waals surface area contributed by atoms with Gasteiger partial charge in [0.1, 0.15) is 0 Å². The van der Waals surface area contributed by atoms with Crippen molar-refractivity contribution in [1.82, 2.24) is 9.34 Å². The number of rotatable bonds is 5. The Morgan fingerprint density at radius 3 is 1.69 bits per heavy atom. The van der Waals surface area contributed by atoms with Crippen LogP contribution in [-0.2, 0) is 0 Å². The van der Waals surface area contributed by atoms with Gasteiger partial charge in [0.25, 0.3) is 0 Å². The van der Waals surface area contributed by atoms with Crippen LogP contribution in [0.25, 0.3) is 0 Å². The summed E-state index contributed by atoms with van der Waals surface area (Å²) in [6.07, 6.45) is 18.7. The van der Waals surface area contributed by atoms with E-state index < -0.39 is 0 Å². The maximum absolute atomic E-state index is 3.11. The van der Waals surface area contributed by atoms with Crippen molar-refractivity contribution in [2.75, 3.05) is 13.1 Å². The number of hydrogen-bond donors (Lipinski definition) is 0. The fourth-order valence-electron chi connectivity index (χ4n) is 5.37. The zero-order valence-corrected chi connectivity index (χ0v) is 17.4. The van der Waals surface area contributed by atoms with Crippen molar-refractivity contribution < 1.29 is 0 Å². The van der Waals surface area contributed by atoms with E-state index in [4.69, 9.17) is 0 Å². The summed E-state index contributed by atoms with van der Waals surface area (Å²) in [5.74, 6) is 0. The molecule has 144 valence electrons. The molecule has 1 atom stereocenters. The second kappa shape index (κ2) is 9.67. The van der Waals surface area contributed by atoms with E-state index in [1.165, 1.54) is 96.6 Å². The fraction of sp³-hybridized carbons (Fsp3) is 0.739. The molecule has 1 heterocycles. The number of nitrogens with zero attached hydrogens (tertiary/aromatic N) is 2. The molecular formula is C23H37N2P. The van der Waals surface area contributed by atoms with Crippen molar-refractivity contribution in [3.63, 3.8) is 0 Å². The number of benzene rings is 1. The van der Waals surface area contributed by atoms with Gasteiger partial charge in [-0.05, 0) is 38.5 Å². The van der Waals surface area contributed by atoms with Crippen LogP contribution >= 0.6 is 8.22 Å². The number of hydrogen-bond acceptors (Lipinski definition) is 2. The first-order valence-corrected chi connectivity index (χ1v) is 12.6. The van der Waals surface area contributed by atoms with Gasteiger partial charge in [-0.15, -0.1) is 0 Å². The summed E-state index contributed by atoms with van der Waals surface area (Å²) in [7, 11) is -0.316. The van der Waals surface area contributed by atoms with E-state index in [-0.39, 0.29) is 8.22 Å². The molecule has 0 bridgehead atoms. The Hall–Kier alpha value is -0.430. The molecule has 1 saturated heterocycles. The highest BCUT2D eigenvalue weighted by atomic mass is 31.1. The molecule has 2 saturated carbocycles. The molecule has 1 aromatic rings. The van der Waals surface area contributed by atoms with Crippen LogP contribution in [0.3, 0.4) is 0 Å². The van der Waals surface area contributed by atoms with Gasteiger partial charge in [0.15, 0.2) is 0 Å². The van der Waals surface area contributed by atoms with E-state index in [9.17, 15) is 0 Å². The topological polar surface area (TPSA) is 6.48 Å². The zero-order valence-electron chi connectivity index (χ0n) is 16.5. The maximum atomic E-state index is 3.11. The molecule has 3 fully saturated rings. The molecule has 0 radical (unpaired) electrons. The molecular weight excluding hydrogens is 335 g/mol. The molecule has 2 nitrogen and oxygen atoms in total. The molecule has 1 aromatic carbocycles. The van der Waals surface area contributed by atoms with Crippen LogP contribution < -0.4 is 5.30 Å². The van der Waals surface area contributed by atoms with Gasteiger partial charge in [-0.1, -0.05) is 75.3 Å². The minimum Gasteiger partial charge on any atom is -0.266 e. The van der Waals surface area contributed by atoms with Gasteiger partial charge in [0.2, 0.25) is 0 Å². The van der Waals surface area contributed by atoms with Gasteiger partial charge in [-0.25, -0.2) is 0 Å². The highest BCUT2D eigenvalue weighted by Crippen LogP contribution is 2.51. The van der Waals surface area contributed by atoms with Crippen molar-refractivity contribution in [1.29, 1.82) is 0 Å². The molecule has 0 aromatic heterocycles. The normalized spacial score (nSPS) is 25.4. The van der Waals surface area contributed by atoms with Crippen molar-refractivity contribution in [2.24, 2.45) is 0 Å². The Balaban J connectivity index is 1.66. The summed E-state index contributed by atoms with van der Waals surface area (Å²) >= 11 is 0. The molecule has 26 heavy (non-hydrogen) atoms. The Morgan fingerprint density at radius 1 is 0.654 bits per heavy atom. The van der Waals surface area contributed by atoms with Crippen LogP contribution in [-0.4, -0.2) is 34.5 Å². The van der Waals surface area contributed by atoms with Gasteiger partial charge in [-0.2, -0.15) is 0 Å². The van der Waals surface area contributed by atoms with E-state index >= 15 is 0 Å². The predicted octanol–water partition coefficient (Wildman–Crippen LogP) is 6.08. The lowest BCUT2D eigenvalue weighted by molar-refractivity contribution is 0.167. The van der Waals surface area contributed by atoms with Crippen LogP contribution in [0.2, 0.25) is 0 Å². The van der Waals surface area contributed by atoms with Gasteiger partial charge in [0.05, 0.1) is 8.22 Å². The summed E-state index contributed by atoms with van der Waals surface area (Å²) in [5.41, 5.74) is 0. The molecule has 3 aliphatic rings. The third-order valence-corrected chi connectivity index (χ3v) is 9.49. The van der Waals surface area contributed by atoms with Crippen molar-refractivity contribution in [3.05, 3.63) is 30.3 Å². The van der Waals surface area contributed by atoms with E-state index in [1.54, 1.807) is 5.30 Å². The fourth-order valence-corrected chi connectivity index (χ4v) is 8.44. The molecule has 1 aliphatic heterocycles. The second-order valence-corrected chi connectivity index (χ2v) is 10.7. The Bertz CT molecular complexity index is 498. The monoisotopic (exact) mass is 372 g/mol. The van der Waals surface area contributed by atoms with Gasteiger partial charge < -0.3 is 0 Å². The first-order valence-electron chi connectivity index (χ1n) is 11.3. The molecule has 0 spiro atoms. The van der Waals surface area contributed by atoms with Gasteiger partial charge >= 0.3 is 0 Å². The highest BCUT2D eigenvalue weighted by Gasteiger charge is 2.38. The van der Waals surface area contributed by atoms with E-state index in [2.05, 4.69) is 39.7 Å². The Kier molecular flexibility index (Phi) is 7.03. The van der Waals surface area contributed by atoms with Crippen LogP contribution in [0.4, 0.5) is 0 Å². The lowest BCUT2D eigenvalue weighted by Crippen LogP contribution is -2.47. The predicted molar refractivity (Wildman–Crippen MR) is 114 cm³/mol. The minimum absolute atomic E-state index is 0.316. The van der Waals surface area contributed by atoms with Crippen LogP contribution in [0.15, 0.2) is 30.3 Å². The smallest absolute Gasteiger partial charge is 0.0729 e. The summed E-state index contributed by atoms with van der Waals surface area (Å²) in [4.78, 5) is 0. The van der Waals surface area contributed by atoms with Crippen LogP contribution in [0.1, 0.15) is 83.5 Å². The van der Waals surface area contributed by atoms with Crippen molar-refractivity contribution >= 4 is 13.5 Å². The van der Waals surface area contributed by atoms with E-state index in [1.807, 2.05) is 0 Å². The summed E-state index contributed by atoms with van der Waals surface area (Å²) in [6.45, 7) is 2.63. The Morgan fingerprint density at radius 2 is 1.15 bits per heavy atom. The maximum Gasteiger partial charge on any atom is 0.0729 e. The SMILES string of the molecule is c1ccc([P@@](N2CCCCC2)N(C2CCCCC2)C2CCCCC2)cc1. The number of piperidine rings is 1. The first kappa shape index (κ1) is 18.9. The summed E-state index contributed by atoms with van der Waals surface area (Å²) in [5, 5.41) is 1.61. The van der Waals surface area contributed by atoms with Crippen molar-refractivity contribution in [2.45, 2.75) is 95.6 Å². The zero-order chi connectivity index (χ0) is 17.6. The third-order valence-electron chi connectivity index (χ3n) is 6.70. The third kappa shape index (κ3) is 4.51. The highest BCUT2D eigenvalue weighted by molar-refractivity contribution is 7.61. The summed E-state index contributed by atoms with van der Waals surface area (Å²) in [6, 6.07) is 13.3. The quantitative estimate of drug-likeness (QED) is 0.578. The lowest BCUT2D eigenvalue weighted by Gasteiger charge is -2.50. The largest absolute Gasteiger partial charge is 0.266 e. The standard InChI is InChI=1S/C23H37N2P/c1-5-13-21(14-6-1)25(22-15-7-2-8-16-22)26(23-17-9-3-10-18-23)24-19-11-4-12-20-24/h3,9-10,17-18,21-22H,1-2,4-8,11-16,19-20H2/t26-/m0/s1. The average Bonchev–Trinajstić information content (AvgIpc) is 2.74. The van der Waals surface area contributed by atoms with Crippen LogP contribution in [0.5, 0.6) is 0 Å². The average molecular weight is 373 g/mol. The molecule has 0 unspecified atom stereocenters. The molecule has 2 aliphatic carbocycles. The van der Waals surface area contributed by atoms with E-state index in [0.717, 1.165) is 12.1 Å². The molecule has 3 heteroatoms. The Labute approximate surface area is 162 Å². The lowest BCUT2D eigenvalue weighted by atomic mass is 9.91. The minimum atomic E-state index is -0.316.